The number of carboxylic acid groups (broad SMARTS) is 1. The zero-order valence-electron chi connectivity index (χ0n) is 9.41. The van der Waals surface area contributed by atoms with Gasteiger partial charge < -0.3 is 10.4 Å². The van der Waals surface area contributed by atoms with Crippen LogP contribution >= 0.6 is 11.3 Å². The maximum absolute atomic E-state index is 11.0. The number of aliphatic carboxylic acids is 1. The third-order valence-electron chi connectivity index (χ3n) is 1.98. The number of nitrogens with zero attached hydrogens (tertiary/aromatic N) is 2. The van der Waals surface area contributed by atoms with Crippen molar-refractivity contribution in [1.82, 2.24) is 4.98 Å². The highest BCUT2D eigenvalue weighted by Crippen LogP contribution is 2.26. The fourth-order valence-electron chi connectivity index (χ4n) is 1.26. The standard InChI is InChI=1S/C9H13N3O4S/c1-5(2)3-6(8(13)14)11-9-10-4-7(17-9)12(15)16/h4-6H,3H2,1-2H3,(H,10,11)(H,13,14)/t6-/m0/s1. The minimum atomic E-state index is -0.989. The lowest BCUT2D eigenvalue weighted by Crippen LogP contribution is -2.30. The van der Waals surface area contributed by atoms with Gasteiger partial charge in [0, 0.05) is 0 Å². The summed E-state index contributed by atoms with van der Waals surface area (Å²) < 4.78 is 0. The molecule has 0 aliphatic heterocycles. The van der Waals surface area contributed by atoms with Gasteiger partial charge in [0.15, 0.2) is 5.13 Å². The van der Waals surface area contributed by atoms with Crippen LogP contribution in [0.5, 0.6) is 0 Å². The van der Waals surface area contributed by atoms with Crippen LogP contribution in [0, 0.1) is 16.0 Å². The molecule has 0 fully saturated rings. The van der Waals surface area contributed by atoms with Crippen LogP contribution in [0.3, 0.4) is 0 Å². The fraction of sp³-hybridized carbons (Fsp3) is 0.556. The Morgan fingerprint density at radius 3 is 2.76 bits per heavy atom. The summed E-state index contributed by atoms with van der Waals surface area (Å²) in [6.07, 6.45) is 1.55. The zero-order chi connectivity index (χ0) is 13.0. The first kappa shape index (κ1) is 13.4. The Morgan fingerprint density at radius 2 is 2.35 bits per heavy atom. The monoisotopic (exact) mass is 259 g/mol. The van der Waals surface area contributed by atoms with E-state index in [4.69, 9.17) is 5.11 Å². The van der Waals surface area contributed by atoms with E-state index in [1.54, 1.807) is 0 Å². The molecule has 0 aliphatic rings. The maximum atomic E-state index is 11.0. The lowest BCUT2D eigenvalue weighted by Gasteiger charge is -2.15. The van der Waals surface area contributed by atoms with Gasteiger partial charge in [-0.1, -0.05) is 13.8 Å². The quantitative estimate of drug-likeness (QED) is 0.597. The highest BCUT2D eigenvalue weighted by molar-refractivity contribution is 7.18. The number of hydrogen-bond acceptors (Lipinski definition) is 6. The van der Waals surface area contributed by atoms with E-state index in [0.29, 0.717) is 6.42 Å². The Labute approximate surface area is 102 Å². The van der Waals surface area contributed by atoms with Crippen molar-refractivity contribution in [3.05, 3.63) is 16.3 Å². The number of thiazole rings is 1. The lowest BCUT2D eigenvalue weighted by molar-refractivity contribution is -0.380. The Morgan fingerprint density at radius 1 is 1.71 bits per heavy atom. The van der Waals surface area contributed by atoms with E-state index in [9.17, 15) is 14.9 Å². The Kier molecular flexibility index (Phi) is 4.38. The van der Waals surface area contributed by atoms with Crippen LogP contribution in [0.25, 0.3) is 0 Å². The number of carboxylic acids is 1. The van der Waals surface area contributed by atoms with Gasteiger partial charge >= 0.3 is 11.0 Å². The molecule has 8 heteroatoms. The fourth-order valence-corrected chi connectivity index (χ4v) is 1.94. The van der Waals surface area contributed by atoms with E-state index >= 15 is 0 Å². The molecule has 1 atom stereocenters. The minimum Gasteiger partial charge on any atom is -0.480 e. The summed E-state index contributed by atoms with van der Waals surface area (Å²) in [5, 5.41) is 22.3. The molecule has 0 bridgehead atoms. The predicted molar refractivity (Wildman–Crippen MR) is 63.3 cm³/mol. The molecule has 1 aromatic rings. The Hall–Kier alpha value is -1.70. The van der Waals surface area contributed by atoms with Gasteiger partial charge in [0.1, 0.15) is 12.2 Å². The molecule has 1 heterocycles. The number of aromatic nitrogens is 1. The zero-order valence-corrected chi connectivity index (χ0v) is 10.2. The van der Waals surface area contributed by atoms with Crippen molar-refractivity contribution in [2.24, 2.45) is 5.92 Å². The second-order valence-corrected chi connectivity index (χ2v) is 4.93. The summed E-state index contributed by atoms with van der Waals surface area (Å²) in [6, 6.07) is -0.777. The second kappa shape index (κ2) is 5.58. The third-order valence-corrected chi connectivity index (χ3v) is 2.86. The van der Waals surface area contributed by atoms with Crippen LogP contribution in [0.1, 0.15) is 20.3 Å². The van der Waals surface area contributed by atoms with E-state index in [1.165, 1.54) is 0 Å². The van der Waals surface area contributed by atoms with Crippen LogP contribution in [0.15, 0.2) is 6.20 Å². The van der Waals surface area contributed by atoms with Crippen molar-refractivity contribution < 1.29 is 14.8 Å². The topological polar surface area (TPSA) is 105 Å². The number of hydrogen-bond donors (Lipinski definition) is 2. The van der Waals surface area contributed by atoms with Gasteiger partial charge in [-0.15, -0.1) is 0 Å². The largest absolute Gasteiger partial charge is 0.480 e. The molecule has 17 heavy (non-hydrogen) atoms. The minimum absolute atomic E-state index is 0.110. The van der Waals surface area contributed by atoms with Crippen molar-refractivity contribution in [3.63, 3.8) is 0 Å². The lowest BCUT2D eigenvalue weighted by atomic mass is 10.0. The van der Waals surface area contributed by atoms with Gasteiger partial charge in [-0.3, -0.25) is 10.1 Å². The van der Waals surface area contributed by atoms with Crippen LogP contribution in [-0.2, 0) is 4.79 Å². The SMILES string of the molecule is CC(C)C[C@H](Nc1ncc([N+](=O)[O-])s1)C(=O)O. The molecule has 0 saturated carbocycles. The number of nitrogens with one attached hydrogen (secondary N) is 1. The molecular formula is C9H13N3O4S. The average Bonchev–Trinajstić information content (AvgIpc) is 2.64. The number of carbonyl (C=O) groups is 1. The molecule has 7 nitrogen and oxygen atoms in total. The molecule has 0 unspecified atom stereocenters. The van der Waals surface area contributed by atoms with Gasteiger partial charge in [0.2, 0.25) is 0 Å². The van der Waals surface area contributed by atoms with Gasteiger partial charge in [-0.05, 0) is 23.7 Å². The van der Waals surface area contributed by atoms with Crippen molar-refractivity contribution in [1.29, 1.82) is 0 Å². The molecule has 0 aromatic carbocycles. The van der Waals surface area contributed by atoms with Gasteiger partial charge in [-0.25, -0.2) is 9.78 Å². The van der Waals surface area contributed by atoms with Gasteiger partial charge in [-0.2, -0.15) is 0 Å². The van der Waals surface area contributed by atoms with E-state index in [2.05, 4.69) is 10.3 Å². The molecule has 1 aromatic heterocycles. The first-order chi connectivity index (χ1) is 7.90. The maximum Gasteiger partial charge on any atom is 0.345 e. The van der Waals surface area contributed by atoms with Crippen molar-refractivity contribution in [2.75, 3.05) is 5.32 Å². The Balaban J connectivity index is 2.72. The molecule has 0 spiro atoms. The van der Waals surface area contributed by atoms with E-state index in [-0.39, 0.29) is 16.1 Å². The van der Waals surface area contributed by atoms with Crippen molar-refractivity contribution in [3.8, 4) is 0 Å². The van der Waals surface area contributed by atoms with Crippen molar-refractivity contribution in [2.45, 2.75) is 26.3 Å². The smallest absolute Gasteiger partial charge is 0.345 e. The third kappa shape index (κ3) is 3.99. The first-order valence-electron chi connectivity index (χ1n) is 4.99. The normalized spacial score (nSPS) is 12.4. The molecule has 94 valence electrons. The summed E-state index contributed by atoms with van der Waals surface area (Å²) in [5.41, 5.74) is 0. The summed E-state index contributed by atoms with van der Waals surface area (Å²) >= 11 is 0.829. The van der Waals surface area contributed by atoms with Gasteiger partial charge in [0.05, 0.1) is 4.92 Å². The summed E-state index contributed by atoms with van der Waals surface area (Å²) in [6.45, 7) is 3.81. The first-order valence-corrected chi connectivity index (χ1v) is 5.81. The number of anilines is 1. The number of rotatable bonds is 6. The van der Waals surface area contributed by atoms with E-state index < -0.39 is 16.9 Å². The molecule has 0 saturated heterocycles. The molecule has 0 radical (unpaired) electrons. The van der Waals surface area contributed by atoms with Gasteiger partial charge in [0.25, 0.3) is 0 Å². The molecule has 0 amide bonds. The molecule has 1 rings (SSSR count). The second-order valence-electron chi connectivity index (χ2n) is 3.93. The number of nitro groups is 1. The van der Waals surface area contributed by atoms with Crippen LogP contribution in [0.4, 0.5) is 10.1 Å². The van der Waals surface area contributed by atoms with Crippen LogP contribution in [-0.4, -0.2) is 27.0 Å². The molecular weight excluding hydrogens is 246 g/mol. The molecule has 2 N–H and O–H groups in total. The van der Waals surface area contributed by atoms with E-state index in [1.807, 2.05) is 13.8 Å². The highest BCUT2D eigenvalue weighted by Gasteiger charge is 2.21. The summed E-state index contributed by atoms with van der Waals surface area (Å²) in [7, 11) is 0. The Bertz CT molecular complexity index is 418. The molecule has 0 aliphatic carbocycles. The van der Waals surface area contributed by atoms with Crippen LogP contribution in [0.2, 0.25) is 0 Å². The summed E-state index contributed by atoms with van der Waals surface area (Å²) in [4.78, 5) is 24.6. The van der Waals surface area contributed by atoms with E-state index in [0.717, 1.165) is 17.5 Å². The summed E-state index contributed by atoms with van der Waals surface area (Å²) in [5.74, 6) is -0.782. The predicted octanol–water partition coefficient (Wildman–Crippen LogP) is 1.96. The van der Waals surface area contributed by atoms with Crippen molar-refractivity contribution >= 4 is 27.4 Å². The van der Waals surface area contributed by atoms with Crippen LogP contribution < -0.4 is 5.32 Å². The highest BCUT2D eigenvalue weighted by atomic mass is 32.1. The average molecular weight is 259 g/mol.